The summed E-state index contributed by atoms with van der Waals surface area (Å²) in [5.74, 6) is 1.36. The Balaban J connectivity index is 1.12. The van der Waals surface area contributed by atoms with Crippen LogP contribution in [0.15, 0.2) is 42.5 Å². The van der Waals surface area contributed by atoms with Crippen molar-refractivity contribution in [1.29, 1.82) is 5.26 Å². The van der Waals surface area contributed by atoms with E-state index in [0.717, 1.165) is 54.7 Å². The van der Waals surface area contributed by atoms with Gasteiger partial charge in [-0.15, -0.1) is 11.3 Å². The fourth-order valence-corrected chi connectivity index (χ4v) is 6.26. The van der Waals surface area contributed by atoms with Gasteiger partial charge in [-0.3, -0.25) is 4.90 Å². The van der Waals surface area contributed by atoms with Crippen molar-refractivity contribution in [3.63, 3.8) is 0 Å². The standard InChI is InChI=1S/C30H31FN6O4S/c1-19-15-36(26-4-3-5-28(33-26)41-18-21-7-6-20(14-32)12-23(21)31)10-9-35(19)17-27-34-29-24(13-25(42-29)30(38)39-2)37(27)16-22-8-11-40-22/h3-7,12-13,19,22H,8-11,15-18H2,1-2H3/t19-,22?/m0/s1. The molecule has 218 valence electrons. The molecule has 12 heteroatoms. The third kappa shape index (κ3) is 5.81. The second-order valence-electron chi connectivity index (χ2n) is 10.5. The molecule has 1 aromatic carbocycles. The van der Waals surface area contributed by atoms with Gasteiger partial charge in [0.05, 0.1) is 43.5 Å². The van der Waals surface area contributed by atoms with Crippen LogP contribution in [0.2, 0.25) is 0 Å². The van der Waals surface area contributed by atoms with Gasteiger partial charge in [0, 0.05) is 43.9 Å². The highest BCUT2D eigenvalue weighted by Crippen LogP contribution is 2.30. The summed E-state index contributed by atoms with van der Waals surface area (Å²) in [5, 5.41) is 8.95. The van der Waals surface area contributed by atoms with Crippen LogP contribution in [0.4, 0.5) is 10.2 Å². The number of thiophene rings is 1. The van der Waals surface area contributed by atoms with Gasteiger partial charge in [-0.25, -0.2) is 14.2 Å². The highest BCUT2D eigenvalue weighted by molar-refractivity contribution is 7.20. The number of nitrogens with zero attached hydrogens (tertiary/aromatic N) is 6. The van der Waals surface area contributed by atoms with E-state index in [1.807, 2.05) is 24.3 Å². The summed E-state index contributed by atoms with van der Waals surface area (Å²) in [5.41, 5.74) is 1.58. The highest BCUT2D eigenvalue weighted by Gasteiger charge is 2.29. The third-order valence-corrected chi connectivity index (χ3v) is 8.79. The van der Waals surface area contributed by atoms with E-state index in [1.54, 1.807) is 18.2 Å². The molecule has 1 unspecified atom stereocenters. The van der Waals surface area contributed by atoms with E-state index in [-0.39, 0.29) is 30.3 Å². The van der Waals surface area contributed by atoms with E-state index < -0.39 is 5.82 Å². The predicted octanol–water partition coefficient (Wildman–Crippen LogP) is 4.37. The van der Waals surface area contributed by atoms with Crippen LogP contribution in [-0.2, 0) is 29.2 Å². The Labute approximate surface area is 246 Å². The number of pyridine rings is 1. The molecule has 0 radical (unpaired) electrons. The summed E-state index contributed by atoms with van der Waals surface area (Å²) < 4.78 is 32.9. The fourth-order valence-electron chi connectivity index (χ4n) is 5.29. The van der Waals surface area contributed by atoms with E-state index in [1.165, 1.54) is 24.5 Å². The minimum atomic E-state index is -0.472. The first-order valence-electron chi connectivity index (χ1n) is 13.9. The zero-order chi connectivity index (χ0) is 29.2. The van der Waals surface area contributed by atoms with Crippen LogP contribution in [0, 0.1) is 17.1 Å². The number of carbonyl (C=O) groups is 1. The first-order valence-corrected chi connectivity index (χ1v) is 14.7. The maximum Gasteiger partial charge on any atom is 0.348 e. The third-order valence-electron chi connectivity index (χ3n) is 7.79. The van der Waals surface area contributed by atoms with Crippen molar-refractivity contribution in [2.75, 3.05) is 38.3 Å². The summed E-state index contributed by atoms with van der Waals surface area (Å²) in [6.07, 6.45) is 1.17. The van der Waals surface area contributed by atoms with Crippen LogP contribution in [0.5, 0.6) is 5.88 Å². The molecule has 5 heterocycles. The van der Waals surface area contributed by atoms with Gasteiger partial charge in [0.15, 0.2) is 0 Å². The lowest BCUT2D eigenvalue weighted by Gasteiger charge is -2.40. The Morgan fingerprint density at radius 1 is 1.24 bits per heavy atom. The van der Waals surface area contributed by atoms with Crippen LogP contribution < -0.4 is 9.64 Å². The Hall–Kier alpha value is -4.05. The van der Waals surface area contributed by atoms with E-state index in [0.29, 0.717) is 29.4 Å². The summed E-state index contributed by atoms with van der Waals surface area (Å²) >= 11 is 1.36. The smallest absolute Gasteiger partial charge is 0.348 e. The van der Waals surface area contributed by atoms with Crippen molar-refractivity contribution in [1.82, 2.24) is 19.4 Å². The van der Waals surface area contributed by atoms with Gasteiger partial charge in [0.1, 0.15) is 33.8 Å². The summed E-state index contributed by atoms with van der Waals surface area (Å²) in [4.78, 5) is 27.7. The average molecular weight is 591 g/mol. The van der Waals surface area contributed by atoms with Crippen molar-refractivity contribution < 1.29 is 23.4 Å². The SMILES string of the molecule is COC(=O)c1cc2c(nc(CN3CCN(c4cccc(OCc5ccc(C#N)cc5F)n4)C[C@@H]3C)n2CC2CCO2)s1. The molecule has 2 fully saturated rings. The number of imidazole rings is 1. The molecule has 0 N–H and O–H groups in total. The van der Waals surface area contributed by atoms with Crippen molar-refractivity contribution in [2.45, 2.75) is 45.2 Å². The monoisotopic (exact) mass is 590 g/mol. The number of hydrogen-bond acceptors (Lipinski definition) is 10. The molecule has 4 aromatic rings. The van der Waals surface area contributed by atoms with Crippen molar-refractivity contribution in [3.05, 3.63) is 70.1 Å². The van der Waals surface area contributed by atoms with Crippen LogP contribution in [-0.4, -0.2) is 70.9 Å². The molecule has 2 saturated heterocycles. The number of hydrogen-bond donors (Lipinski definition) is 0. The first-order chi connectivity index (χ1) is 20.4. The molecule has 42 heavy (non-hydrogen) atoms. The number of piperazine rings is 1. The number of anilines is 1. The number of benzene rings is 1. The van der Waals surface area contributed by atoms with E-state index in [4.69, 9.17) is 24.5 Å². The molecule has 0 spiro atoms. The van der Waals surface area contributed by atoms with Crippen molar-refractivity contribution in [3.8, 4) is 11.9 Å². The second kappa shape index (κ2) is 12.1. The molecular formula is C30H31FN6O4S. The summed E-state index contributed by atoms with van der Waals surface area (Å²) in [6.45, 7) is 6.75. The van der Waals surface area contributed by atoms with Gasteiger partial charge in [-0.05, 0) is 37.6 Å². The highest BCUT2D eigenvalue weighted by atomic mass is 32.1. The Morgan fingerprint density at radius 2 is 2.10 bits per heavy atom. The maximum absolute atomic E-state index is 14.3. The summed E-state index contributed by atoms with van der Waals surface area (Å²) in [7, 11) is 1.39. The number of carbonyl (C=O) groups excluding carboxylic acids is 1. The molecule has 2 aliphatic heterocycles. The predicted molar refractivity (Wildman–Crippen MR) is 155 cm³/mol. The van der Waals surface area contributed by atoms with Gasteiger partial charge in [-0.2, -0.15) is 10.2 Å². The number of nitriles is 1. The number of esters is 1. The lowest BCUT2D eigenvalue weighted by molar-refractivity contribution is -0.0592. The molecular weight excluding hydrogens is 559 g/mol. The molecule has 6 rings (SSSR count). The normalized spacial score (nSPS) is 19.0. The molecule has 0 amide bonds. The van der Waals surface area contributed by atoms with Crippen LogP contribution in [0.3, 0.4) is 0 Å². The van der Waals surface area contributed by atoms with Gasteiger partial charge in [0.2, 0.25) is 5.88 Å². The molecule has 0 aliphatic carbocycles. The minimum absolute atomic E-state index is 0.0231. The number of methoxy groups -OCH3 is 1. The lowest BCUT2D eigenvalue weighted by Crippen LogP contribution is -2.52. The zero-order valence-corrected chi connectivity index (χ0v) is 24.3. The van der Waals surface area contributed by atoms with Gasteiger partial charge < -0.3 is 23.7 Å². The van der Waals surface area contributed by atoms with E-state index >= 15 is 0 Å². The number of aromatic nitrogens is 3. The van der Waals surface area contributed by atoms with Crippen LogP contribution in [0.1, 0.15) is 40.0 Å². The van der Waals surface area contributed by atoms with Gasteiger partial charge in [0.25, 0.3) is 0 Å². The molecule has 0 bridgehead atoms. The summed E-state index contributed by atoms with van der Waals surface area (Å²) in [6, 6.07) is 14.0. The molecule has 2 aliphatic rings. The number of rotatable bonds is 9. The van der Waals surface area contributed by atoms with Gasteiger partial charge >= 0.3 is 5.97 Å². The zero-order valence-electron chi connectivity index (χ0n) is 23.5. The fraction of sp³-hybridized carbons (Fsp3) is 0.400. The van der Waals surface area contributed by atoms with Crippen LogP contribution >= 0.6 is 11.3 Å². The minimum Gasteiger partial charge on any atom is -0.473 e. The largest absolute Gasteiger partial charge is 0.473 e. The van der Waals surface area contributed by atoms with E-state index in [2.05, 4.69) is 26.3 Å². The lowest BCUT2D eigenvalue weighted by atomic mass is 10.1. The van der Waals surface area contributed by atoms with Crippen molar-refractivity contribution in [2.24, 2.45) is 0 Å². The Bertz CT molecular complexity index is 1640. The average Bonchev–Trinajstić information content (AvgIpc) is 3.53. The second-order valence-corrected chi connectivity index (χ2v) is 11.5. The molecule has 0 saturated carbocycles. The van der Waals surface area contributed by atoms with Crippen molar-refractivity contribution >= 4 is 33.5 Å². The molecule has 3 aromatic heterocycles. The quantitative estimate of drug-likeness (QED) is 0.263. The first kappa shape index (κ1) is 28.1. The van der Waals surface area contributed by atoms with E-state index in [9.17, 15) is 9.18 Å². The van der Waals surface area contributed by atoms with Gasteiger partial charge in [-0.1, -0.05) is 12.1 Å². The number of halogens is 1. The molecule has 2 atom stereocenters. The number of ether oxygens (including phenoxy) is 3. The topological polar surface area (TPSA) is 106 Å². The molecule has 10 nitrogen and oxygen atoms in total. The van der Waals surface area contributed by atoms with Crippen LogP contribution in [0.25, 0.3) is 10.3 Å². The number of fused-ring (bicyclic) bond motifs is 1. The Morgan fingerprint density at radius 3 is 2.81 bits per heavy atom. The Kier molecular flexibility index (Phi) is 8.06. The maximum atomic E-state index is 14.3.